The maximum atomic E-state index is 10.4. The molecule has 0 aromatic heterocycles. The third-order valence-corrected chi connectivity index (χ3v) is 3.51. The molecule has 0 spiro atoms. The van der Waals surface area contributed by atoms with E-state index in [1.165, 1.54) is 0 Å². The molecule has 3 N–H and O–H groups in total. The van der Waals surface area contributed by atoms with Crippen molar-refractivity contribution >= 4 is 11.6 Å². The first kappa shape index (κ1) is 10.9. The number of aliphatic hydroxyl groups is 1. The molecule has 3 heteroatoms. The Balaban J connectivity index is 2.16. The Morgan fingerprint density at radius 3 is 2.60 bits per heavy atom. The van der Waals surface area contributed by atoms with Gasteiger partial charge in [0.2, 0.25) is 0 Å². The summed E-state index contributed by atoms with van der Waals surface area (Å²) in [4.78, 5) is 0. The van der Waals surface area contributed by atoms with Gasteiger partial charge in [-0.15, -0.1) is 0 Å². The first-order valence-corrected chi connectivity index (χ1v) is 5.69. The molecule has 2 rings (SSSR count). The molecule has 0 amide bonds. The van der Waals surface area contributed by atoms with Crippen LogP contribution in [0.2, 0.25) is 5.02 Å². The Labute approximate surface area is 95.1 Å². The molecule has 0 aliphatic heterocycles. The van der Waals surface area contributed by atoms with Crippen molar-refractivity contribution in [3.8, 4) is 0 Å². The van der Waals surface area contributed by atoms with Gasteiger partial charge in [0.15, 0.2) is 0 Å². The molecule has 1 aromatic carbocycles. The number of rotatable bonds is 4. The molecule has 1 atom stereocenters. The van der Waals surface area contributed by atoms with E-state index in [1.54, 1.807) is 0 Å². The fraction of sp³-hybridized carbons (Fsp3) is 0.500. The Morgan fingerprint density at radius 1 is 1.40 bits per heavy atom. The first-order valence-electron chi connectivity index (χ1n) is 5.31. The van der Waals surface area contributed by atoms with Crippen molar-refractivity contribution in [3.63, 3.8) is 0 Å². The SMILES string of the molecule is NCC(O)(Cc1ccccc1Cl)C1CC1. The second kappa shape index (κ2) is 4.12. The lowest BCUT2D eigenvalue weighted by molar-refractivity contribution is 0.0267. The van der Waals surface area contributed by atoms with E-state index in [2.05, 4.69) is 0 Å². The minimum Gasteiger partial charge on any atom is -0.388 e. The Bertz CT molecular complexity index is 351. The quantitative estimate of drug-likeness (QED) is 0.823. The number of halogens is 1. The van der Waals surface area contributed by atoms with Crippen LogP contribution in [0.3, 0.4) is 0 Å². The third-order valence-electron chi connectivity index (χ3n) is 3.15. The monoisotopic (exact) mass is 225 g/mol. The second-order valence-electron chi connectivity index (χ2n) is 4.35. The lowest BCUT2D eigenvalue weighted by Gasteiger charge is -2.26. The topological polar surface area (TPSA) is 46.2 Å². The summed E-state index contributed by atoms with van der Waals surface area (Å²) < 4.78 is 0. The largest absolute Gasteiger partial charge is 0.388 e. The van der Waals surface area contributed by atoms with Crippen LogP contribution in [-0.2, 0) is 6.42 Å². The van der Waals surface area contributed by atoms with Gasteiger partial charge in [0.1, 0.15) is 0 Å². The zero-order valence-corrected chi connectivity index (χ0v) is 9.37. The molecule has 0 radical (unpaired) electrons. The van der Waals surface area contributed by atoms with E-state index in [0.29, 0.717) is 23.9 Å². The number of hydrogen-bond acceptors (Lipinski definition) is 2. The van der Waals surface area contributed by atoms with Crippen LogP contribution in [0, 0.1) is 5.92 Å². The summed E-state index contributed by atoms with van der Waals surface area (Å²) in [5.41, 5.74) is 5.88. The van der Waals surface area contributed by atoms with E-state index in [9.17, 15) is 5.11 Å². The number of hydrogen-bond donors (Lipinski definition) is 2. The van der Waals surface area contributed by atoms with Crippen LogP contribution >= 0.6 is 11.6 Å². The summed E-state index contributed by atoms with van der Waals surface area (Å²) >= 11 is 6.06. The van der Waals surface area contributed by atoms with Crippen molar-refractivity contribution in [1.82, 2.24) is 0 Å². The predicted octanol–water partition coefficient (Wildman–Crippen LogP) is 1.98. The van der Waals surface area contributed by atoms with Gasteiger partial charge < -0.3 is 10.8 Å². The van der Waals surface area contributed by atoms with Crippen molar-refractivity contribution < 1.29 is 5.11 Å². The first-order chi connectivity index (χ1) is 7.15. The summed E-state index contributed by atoms with van der Waals surface area (Å²) in [5.74, 6) is 0.360. The van der Waals surface area contributed by atoms with Crippen LogP contribution in [0.4, 0.5) is 0 Å². The summed E-state index contributed by atoms with van der Waals surface area (Å²) in [6.07, 6.45) is 2.73. The van der Waals surface area contributed by atoms with Crippen LogP contribution in [0.25, 0.3) is 0 Å². The summed E-state index contributed by atoms with van der Waals surface area (Å²) in [5, 5.41) is 11.1. The molecule has 1 unspecified atom stereocenters. The zero-order valence-electron chi connectivity index (χ0n) is 8.62. The van der Waals surface area contributed by atoms with Crippen molar-refractivity contribution in [1.29, 1.82) is 0 Å². The van der Waals surface area contributed by atoms with Gasteiger partial charge >= 0.3 is 0 Å². The normalized spacial score (nSPS) is 19.9. The Morgan fingerprint density at radius 2 is 2.07 bits per heavy atom. The predicted molar refractivity (Wildman–Crippen MR) is 61.9 cm³/mol. The van der Waals surface area contributed by atoms with Gasteiger partial charge in [-0.3, -0.25) is 0 Å². The number of benzene rings is 1. The van der Waals surface area contributed by atoms with Crippen molar-refractivity contribution in [2.24, 2.45) is 11.7 Å². The highest BCUT2D eigenvalue weighted by atomic mass is 35.5. The van der Waals surface area contributed by atoms with Crippen molar-refractivity contribution in [2.75, 3.05) is 6.54 Å². The molecular weight excluding hydrogens is 210 g/mol. The minimum absolute atomic E-state index is 0.308. The zero-order chi connectivity index (χ0) is 10.9. The summed E-state index contributed by atoms with van der Waals surface area (Å²) in [7, 11) is 0. The summed E-state index contributed by atoms with van der Waals surface area (Å²) in [6.45, 7) is 0.308. The molecule has 1 aliphatic rings. The molecule has 1 aromatic rings. The van der Waals surface area contributed by atoms with Crippen LogP contribution in [0.15, 0.2) is 24.3 Å². The van der Waals surface area contributed by atoms with E-state index < -0.39 is 5.60 Å². The van der Waals surface area contributed by atoms with E-state index in [-0.39, 0.29) is 0 Å². The molecule has 15 heavy (non-hydrogen) atoms. The third kappa shape index (κ3) is 2.33. The number of nitrogens with two attached hydrogens (primary N) is 1. The second-order valence-corrected chi connectivity index (χ2v) is 4.76. The lowest BCUT2D eigenvalue weighted by atomic mass is 9.90. The van der Waals surface area contributed by atoms with Crippen LogP contribution in [0.1, 0.15) is 18.4 Å². The molecule has 0 saturated heterocycles. The molecule has 2 nitrogen and oxygen atoms in total. The Hall–Kier alpha value is -0.570. The van der Waals surface area contributed by atoms with Gasteiger partial charge in [-0.25, -0.2) is 0 Å². The van der Waals surface area contributed by atoms with Gasteiger partial charge in [-0.1, -0.05) is 29.8 Å². The van der Waals surface area contributed by atoms with Gasteiger partial charge in [0.25, 0.3) is 0 Å². The van der Waals surface area contributed by atoms with Crippen LogP contribution in [0.5, 0.6) is 0 Å². The minimum atomic E-state index is -0.759. The van der Waals surface area contributed by atoms with Gasteiger partial charge in [-0.2, -0.15) is 0 Å². The van der Waals surface area contributed by atoms with E-state index in [0.717, 1.165) is 18.4 Å². The molecule has 1 saturated carbocycles. The smallest absolute Gasteiger partial charge is 0.0837 e. The Kier molecular flexibility index (Phi) is 3.01. The lowest BCUT2D eigenvalue weighted by Crippen LogP contribution is -2.42. The molecular formula is C12H16ClNO. The van der Waals surface area contributed by atoms with Crippen molar-refractivity contribution in [3.05, 3.63) is 34.9 Å². The van der Waals surface area contributed by atoms with Crippen LogP contribution in [-0.4, -0.2) is 17.3 Å². The summed E-state index contributed by atoms with van der Waals surface area (Å²) in [6, 6.07) is 7.63. The van der Waals surface area contributed by atoms with E-state index in [1.807, 2.05) is 24.3 Å². The highest BCUT2D eigenvalue weighted by molar-refractivity contribution is 6.31. The maximum absolute atomic E-state index is 10.4. The van der Waals surface area contributed by atoms with E-state index in [4.69, 9.17) is 17.3 Å². The fourth-order valence-corrected chi connectivity index (χ4v) is 2.18. The van der Waals surface area contributed by atoms with Gasteiger partial charge in [0, 0.05) is 18.0 Å². The standard InChI is InChI=1S/C12H16ClNO/c13-11-4-2-1-3-9(11)7-12(15,8-14)10-5-6-10/h1-4,10,15H,5-8,14H2. The maximum Gasteiger partial charge on any atom is 0.0837 e. The van der Waals surface area contributed by atoms with Gasteiger partial charge in [0.05, 0.1) is 5.60 Å². The molecule has 0 bridgehead atoms. The van der Waals surface area contributed by atoms with Crippen LogP contribution < -0.4 is 5.73 Å². The molecule has 0 heterocycles. The van der Waals surface area contributed by atoms with E-state index >= 15 is 0 Å². The fourth-order valence-electron chi connectivity index (χ4n) is 1.98. The average Bonchev–Trinajstić information content (AvgIpc) is 3.05. The van der Waals surface area contributed by atoms with Crippen molar-refractivity contribution in [2.45, 2.75) is 24.9 Å². The average molecular weight is 226 g/mol. The molecule has 1 aliphatic carbocycles. The molecule has 1 fully saturated rings. The highest BCUT2D eigenvalue weighted by Crippen LogP contribution is 2.41. The highest BCUT2D eigenvalue weighted by Gasteiger charge is 2.42. The van der Waals surface area contributed by atoms with Gasteiger partial charge in [-0.05, 0) is 30.4 Å². The molecule has 82 valence electrons.